The van der Waals surface area contributed by atoms with Crippen LogP contribution in [0, 0.1) is 13.8 Å². The highest BCUT2D eigenvalue weighted by Gasteiger charge is 2.15. The van der Waals surface area contributed by atoms with E-state index in [0.29, 0.717) is 0 Å². The zero-order valence-electron chi connectivity index (χ0n) is 9.52. The van der Waals surface area contributed by atoms with Gasteiger partial charge in [0.05, 0.1) is 40.4 Å². The summed E-state index contributed by atoms with van der Waals surface area (Å²) in [6.07, 6.45) is 2.69. The molecule has 2 heterocycles. The lowest BCUT2D eigenvalue weighted by Gasteiger charge is -2.10. The van der Waals surface area contributed by atoms with Crippen LogP contribution in [0.1, 0.15) is 27.3 Å². The number of aromatic nitrogens is 3. The first-order chi connectivity index (χ1) is 7.70. The standard InChI is InChI=1S/C10H14N4S2/c1-6-7(2)15-10(13-6)4-8(11-3)9-5-12-16-14-9/h5,8,11H,4H2,1-3H3. The van der Waals surface area contributed by atoms with Crippen LogP contribution < -0.4 is 5.32 Å². The molecule has 4 nitrogen and oxygen atoms in total. The third-order valence-corrected chi connectivity index (χ3v) is 4.12. The highest BCUT2D eigenvalue weighted by Crippen LogP contribution is 2.22. The van der Waals surface area contributed by atoms with E-state index in [-0.39, 0.29) is 6.04 Å². The van der Waals surface area contributed by atoms with Gasteiger partial charge in [0.15, 0.2) is 0 Å². The molecule has 0 radical (unpaired) electrons. The third-order valence-electron chi connectivity index (χ3n) is 2.54. The molecule has 0 aliphatic carbocycles. The summed E-state index contributed by atoms with van der Waals surface area (Å²) < 4.78 is 8.29. The van der Waals surface area contributed by atoms with E-state index in [1.165, 1.54) is 16.6 Å². The lowest BCUT2D eigenvalue weighted by Crippen LogP contribution is -2.19. The van der Waals surface area contributed by atoms with Crippen molar-refractivity contribution in [1.82, 2.24) is 19.0 Å². The largest absolute Gasteiger partial charge is 0.311 e. The lowest BCUT2D eigenvalue weighted by molar-refractivity contribution is 0.578. The summed E-state index contributed by atoms with van der Waals surface area (Å²) in [6, 6.07) is 0.212. The molecule has 0 amide bonds. The number of likely N-dealkylation sites (N-methyl/N-ethyl adjacent to an activating group) is 1. The second-order valence-electron chi connectivity index (χ2n) is 3.63. The van der Waals surface area contributed by atoms with Crippen LogP contribution in [0.3, 0.4) is 0 Å². The topological polar surface area (TPSA) is 50.7 Å². The van der Waals surface area contributed by atoms with E-state index in [2.05, 4.69) is 26.0 Å². The summed E-state index contributed by atoms with van der Waals surface area (Å²) in [5.74, 6) is 0. The molecule has 1 unspecified atom stereocenters. The Balaban J connectivity index is 2.13. The maximum absolute atomic E-state index is 4.54. The molecule has 0 saturated heterocycles. The molecule has 86 valence electrons. The van der Waals surface area contributed by atoms with E-state index in [0.717, 1.165) is 22.8 Å². The van der Waals surface area contributed by atoms with Gasteiger partial charge in [-0.25, -0.2) is 4.98 Å². The quantitative estimate of drug-likeness (QED) is 0.908. The van der Waals surface area contributed by atoms with Gasteiger partial charge in [0.1, 0.15) is 0 Å². The predicted octanol–water partition coefficient (Wildman–Crippen LogP) is 2.11. The minimum atomic E-state index is 0.212. The zero-order valence-corrected chi connectivity index (χ0v) is 11.2. The Morgan fingerprint density at radius 1 is 1.44 bits per heavy atom. The van der Waals surface area contributed by atoms with Gasteiger partial charge in [0, 0.05) is 11.3 Å². The van der Waals surface area contributed by atoms with Crippen molar-refractivity contribution in [2.75, 3.05) is 7.05 Å². The molecule has 6 heteroatoms. The number of aryl methyl sites for hydroxylation is 2. The third kappa shape index (κ3) is 2.45. The predicted molar refractivity (Wildman–Crippen MR) is 67.0 cm³/mol. The second kappa shape index (κ2) is 4.99. The molecule has 0 fully saturated rings. The van der Waals surface area contributed by atoms with Crippen LogP contribution in [0.5, 0.6) is 0 Å². The Bertz CT molecular complexity index is 430. The zero-order chi connectivity index (χ0) is 11.5. The Labute approximate surface area is 103 Å². The van der Waals surface area contributed by atoms with Gasteiger partial charge in [-0.3, -0.25) is 0 Å². The number of hydrogen-bond acceptors (Lipinski definition) is 6. The molecule has 0 saturated carbocycles. The van der Waals surface area contributed by atoms with Gasteiger partial charge >= 0.3 is 0 Å². The van der Waals surface area contributed by atoms with Crippen molar-refractivity contribution in [3.8, 4) is 0 Å². The first kappa shape index (κ1) is 11.6. The Hall–Kier alpha value is -0.850. The molecule has 16 heavy (non-hydrogen) atoms. The molecule has 0 spiro atoms. The summed E-state index contributed by atoms with van der Waals surface area (Å²) in [6.45, 7) is 4.16. The van der Waals surface area contributed by atoms with Crippen LogP contribution in [0.15, 0.2) is 6.20 Å². The number of nitrogens with zero attached hydrogens (tertiary/aromatic N) is 3. The lowest BCUT2D eigenvalue weighted by atomic mass is 10.1. The number of hydrogen-bond donors (Lipinski definition) is 1. The van der Waals surface area contributed by atoms with Crippen LogP contribution in [-0.2, 0) is 6.42 Å². The van der Waals surface area contributed by atoms with Crippen molar-refractivity contribution >= 4 is 23.1 Å². The van der Waals surface area contributed by atoms with Gasteiger partial charge in [-0.1, -0.05) is 0 Å². The van der Waals surface area contributed by atoms with Crippen LogP contribution in [0.25, 0.3) is 0 Å². The van der Waals surface area contributed by atoms with Crippen molar-refractivity contribution in [2.45, 2.75) is 26.3 Å². The first-order valence-electron chi connectivity index (χ1n) is 5.08. The van der Waals surface area contributed by atoms with Crippen molar-refractivity contribution in [1.29, 1.82) is 0 Å². The fourth-order valence-electron chi connectivity index (χ4n) is 1.48. The minimum absolute atomic E-state index is 0.212. The molecular formula is C10H14N4S2. The average molecular weight is 254 g/mol. The summed E-state index contributed by atoms with van der Waals surface area (Å²) in [7, 11) is 1.94. The first-order valence-corrected chi connectivity index (χ1v) is 6.63. The molecule has 0 aliphatic heterocycles. The van der Waals surface area contributed by atoms with E-state index < -0.39 is 0 Å². The molecule has 0 aliphatic rings. The molecule has 2 rings (SSSR count). The summed E-state index contributed by atoms with van der Waals surface area (Å²) in [5.41, 5.74) is 2.13. The number of rotatable bonds is 4. The second-order valence-corrected chi connectivity index (χ2v) is 5.47. The fraction of sp³-hybridized carbons (Fsp3) is 0.500. The molecular weight excluding hydrogens is 240 g/mol. The molecule has 1 N–H and O–H groups in total. The normalized spacial score (nSPS) is 12.9. The van der Waals surface area contributed by atoms with Crippen molar-refractivity contribution < 1.29 is 0 Å². The number of nitrogens with one attached hydrogen (secondary N) is 1. The Morgan fingerprint density at radius 2 is 2.25 bits per heavy atom. The van der Waals surface area contributed by atoms with Crippen molar-refractivity contribution in [3.63, 3.8) is 0 Å². The van der Waals surface area contributed by atoms with Crippen LogP contribution in [0.4, 0.5) is 0 Å². The molecule has 2 aromatic heterocycles. The molecule has 0 bridgehead atoms. The van der Waals surface area contributed by atoms with Gasteiger partial charge in [0.2, 0.25) is 0 Å². The maximum atomic E-state index is 4.54. The molecule has 2 aromatic rings. The van der Waals surface area contributed by atoms with Crippen molar-refractivity contribution in [2.24, 2.45) is 0 Å². The fourth-order valence-corrected chi connectivity index (χ4v) is 2.93. The summed E-state index contributed by atoms with van der Waals surface area (Å²) in [5, 5.41) is 4.41. The van der Waals surface area contributed by atoms with E-state index in [4.69, 9.17) is 0 Å². The summed E-state index contributed by atoms with van der Waals surface area (Å²) in [4.78, 5) is 5.83. The highest BCUT2D eigenvalue weighted by molar-refractivity contribution is 7.11. The van der Waals surface area contributed by atoms with Gasteiger partial charge in [-0.2, -0.15) is 8.75 Å². The van der Waals surface area contributed by atoms with E-state index in [9.17, 15) is 0 Å². The van der Waals surface area contributed by atoms with E-state index in [1.54, 1.807) is 11.3 Å². The minimum Gasteiger partial charge on any atom is -0.311 e. The SMILES string of the molecule is CNC(Cc1nc(C)c(C)s1)c1cnsn1. The van der Waals surface area contributed by atoms with Gasteiger partial charge in [-0.05, 0) is 20.9 Å². The number of thiazole rings is 1. The van der Waals surface area contributed by atoms with Crippen LogP contribution >= 0.6 is 23.1 Å². The Kier molecular flexibility index (Phi) is 3.63. The highest BCUT2D eigenvalue weighted by atomic mass is 32.1. The average Bonchev–Trinajstić information content (AvgIpc) is 2.86. The monoisotopic (exact) mass is 254 g/mol. The van der Waals surface area contributed by atoms with Gasteiger partial charge in [-0.15, -0.1) is 11.3 Å². The van der Waals surface area contributed by atoms with Crippen LogP contribution in [0.2, 0.25) is 0 Å². The van der Waals surface area contributed by atoms with Crippen LogP contribution in [-0.4, -0.2) is 20.8 Å². The Morgan fingerprint density at radius 3 is 2.75 bits per heavy atom. The smallest absolute Gasteiger partial charge is 0.0950 e. The van der Waals surface area contributed by atoms with Crippen molar-refractivity contribution in [3.05, 3.63) is 27.5 Å². The maximum Gasteiger partial charge on any atom is 0.0950 e. The molecule has 1 atom stereocenters. The molecule has 0 aromatic carbocycles. The van der Waals surface area contributed by atoms with E-state index in [1.807, 2.05) is 20.2 Å². The van der Waals surface area contributed by atoms with Gasteiger partial charge in [0.25, 0.3) is 0 Å². The summed E-state index contributed by atoms with van der Waals surface area (Å²) >= 11 is 3.00. The van der Waals surface area contributed by atoms with E-state index >= 15 is 0 Å². The van der Waals surface area contributed by atoms with Gasteiger partial charge < -0.3 is 5.32 Å².